The molecule has 1 aromatic heterocycles. The number of fused-ring (bicyclic) bond motifs is 1. The van der Waals surface area contributed by atoms with E-state index in [1.54, 1.807) is 12.3 Å². The fourth-order valence-electron chi connectivity index (χ4n) is 2.28. The molecule has 2 heterocycles. The number of hydrogen-bond acceptors (Lipinski definition) is 3. The molecule has 0 spiro atoms. The summed E-state index contributed by atoms with van der Waals surface area (Å²) in [6, 6.07) is 7.42. The first-order valence-corrected chi connectivity index (χ1v) is 5.88. The van der Waals surface area contributed by atoms with E-state index < -0.39 is 0 Å². The number of nitrogens with two attached hydrogens (primary N) is 1. The Morgan fingerprint density at radius 1 is 1.33 bits per heavy atom. The smallest absolute Gasteiger partial charge is 0.149 e. The highest BCUT2D eigenvalue weighted by Gasteiger charge is 2.25. The maximum absolute atomic E-state index is 13.8. The third kappa shape index (κ3) is 1.75. The van der Waals surface area contributed by atoms with Crippen molar-refractivity contribution in [3.63, 3.8) is 0 Å². The van der Waals surface area contributed by atoms with E-state index in [2.05, 4.69) is 4.98 Å². The van der Waals surface area contributed by atoms with Gasteiger partial charge in [-0.1, -0.05) is 18.2 Å². The van der Waals surface area contributed by atoms with Crippen molar-refractivity contribution in [3.05, 3.63) is 48.0 Å². The molecule has 0 radical (unpaired) electrons. The average molecular weight is 244 g/mol. The van der Waals surface area contributed by atoms with Crippen molar-refractivity contribution in [3.8, 4) is 16.9 Å². The number of pyridine rings is 1. The van der Waals surface area contributed by atoms with Crippen LogP contribution in [0.4, 0.5) is 4.39 Å². The number of para-hydroxylation sites is 1. The van der Waals surface area contributed by atoms with Crippen LogP contribution in [-0.2, 0) is 6.42 Å². The molecule has 1 unspecified atom stereocenters. The molecule has 92 valence electrons. The van der Waals surface area contributed by atoms with Gasteiger partial charge in [0, 0.05) is 30.3 Å². The molecule has 0 saturated heterocycles. The Morgan fingerprint density at radius 2 is 2.22 bits per heavy atom. The fourth-order valence-corrected chi connectivity index (χ4v) is 2.28. The van der Waals surface area contributed by atoms with Crippen molar-refractivity contribution in [2.24, 2.45) is 5.73 Å². The quantitative estimate of drug-likeness (QED) is 0.880. The van der Waals surface area contributed by atoms with E-state index in [1.807, 2.05) is 18.2 Å². The lowest BCUT2D eigenvalue weighted by Crippen LogP contribution is -2.24. The van der Waals surface area contributed by atoms with Crippen molar-refractivity contribution < 1.29 is 9.13 Å². The second-order valence-corrected chi connectivity index (χ2v) is 4.33. The van der Waals surface area contributed by atoms with Crippen molar-refractivity contribution in [1.29, 1.82) is 0 Å². The topological polar surface area (TPSA) is 48.1 Å². The Bertz CT molecular complexity index is 586. The van der Waals surface area contributed by atoms with Crippen molar-refractivity contribution in [2.45, 2.75) is 12.5 Å². The predicted molar refractivity (Wildman–Crippen MR) is 66.8 cm³/mol. The molecule has 4 heteroatoms. The number of ether oxygens (including phenoxy) is 1. The molecular weight excluding hydrogens is 231 g/mol. The molecule has 3 rings (SSSR count). The highest BCUT2D eigenvalue weighted by atomic mass is 19.1. The molecule has 18 heavy (non-hydrogen) atoms. The molecule has 0 saturated carbocycles. The summed E-state index contributed by atoms with van der Waals surface area (Å²) < 4.78 is 19.6. The van der Waals surface area contributed by atoms with E-state index in [9.17, 15) is 4.39 Å². The standard InChI is InChI=1S/C14H13FN2O/c15-13-8-17-5-4-11(13)12-3-1-2-9-6-10(7-16)18-14(9)12/h1-5,8,10H,6-7,16H2. The summed E-state index contributed by atoms with van der Waals surface area (Å²) >= 11 is 0. The summed E-state index contributed by atoms with van der Waals surface area (Å²) in [5, 5.41) is 0. The van der Waals surface area contributed by atoms with E-state index in [4.69, 9.17) is 10.5 Å². The third-order valence-electron chi connectivity index (χ3n) is 3.15. The van der Waals surface area contributed by atoms with Crippen LogP contribution in [-0.4, -0.2) is 17.6 Å². The lowest BCUT2D eigenvalue weighted by molar-refractivity contribution is 0.242. The van der Waals surface area contributed by atoms with Crippen LogP contribution in [0.3, 0.4) is 0 Å². The monoisotopic (exact) mass is 244 g/mol. The lowest BCUT2D eigenvalue weighted by atomic mass is 10.0. The first kappa shape index (κ1) is 11.2. The molecule has 1 atom stereocenters. The van der Waals surface area contributed by atoms with Gasteiger partial charge in [0.1, 0.15) is 17.7 Å². The zero-order valence-corrected chi connectivity index (χ0v) is 9.77. The van der Waals surface area contributed by atoms with E-state index in [-0.39, 0.29) is 11.9 Å². The third-order valence-corrected chi connectivity index (χ3v) is 3.15. The van der Waals surface area contributed by atoms with E-state index >= 15 is 0 Å². The molecule has 0 bridgehead atoms. The number of rotatable bonds is 2. The van der Waals surface area contributed by atoms with Crippen LogP contribution in [0, 0.1) is 5.82 Å². The highest BCUT2D eigenvalue weighted by molar-refractivity contribution is 5.73. The largest absolute Gasteiger partial charge is 0.488 e. The second-order valence-electron chi connectivity index (χ2n) is 4.33. The van der Waals surface area contributed by atoms with Crippen molar-refractivity contribution >= 4 is 0 Å². The highest BCUT2D eigenvalue weighted by Crippen LogP contribution is 2.39. The Morgan fingerprint density at radius 3 is 3.00 bits per heavy atom. The van der Waals surface area contributed by atoms with E-state index in [1.165, 1.54) is 6.20 Å². The minimum absolute atomic E-state index is 0.00829. The number of nitrogens with zero attached hydrogens (tertiary/aromatic N) is 1. The Kier molecular flexibility index (Phi) is 2.72. The Hall–Kier alpha value is -1.94. The normalized spacial score (nSPS) is 17.3. The van der Waals surface area contributed by atoms with Crippen LogP contribution >= 0.6 is 0 Å². The predicted octanol–water partition coefficient (Wildman–Crippen LogP) is 2.15. The molecule has 1 aliphatic rings. The molecule has 3 nitrogen and oxygen atoms in total. The SMILES string of the molecule is NCC1Cc2cccc(-c3ccncc3F)c2O1. The Balaban J connectivity index is 2.11. The molecule has 1 aliphatic heterocycles. The van der Waals surface area contributed by atoms with Gasteiger partial charge in [-0.25, -0.2) is 4.39 Å². The number of halogens is 1. The van der Waals surface area contributed by atoms with E-state index in [0.717, 1.165) is 23.3 Å². The van der Waals surface area contributed by atoms with Gasteiger partial charge in [0.05, 0.1) is 6.20 Å². The summed E-state index contributed by atoms with van der Waals surface area (Å²) in [5.74, 6) is 0.406. The molecule has 0 fully saturated rings. The van der Waals surface area contributed by atoms with Gasteiger partial charge < -0.3 is 10.5 Å². The first-order valence-electron chi connectivity index (χ1n) is 5.88. The number of hydrogen-bond donors (Lipinski definition) is 1. The summed E-state index contributed by atoms with van der Waals surface area (Å²) in [6.07, 6.45) is 3.56. The van der Waals surface area contributed by atoms with Crippen molar-refractivity contribution in [2.75, 3.05) is 6.54 Å². The molecule has 0 amide bonds. The maximum atomic E-state index is 13.8. The van der Waals surface area contributed by atoms with Crippen LogP contribution in [0.25, 0.3) is 11.1 Å². The number of benzene rings is 1. The van der Waals surface area contributed by atoms with Gasteiger partial charge in [-0.05, 0) is 11.6 Å². The van der Waals surface area contributed by atoms with Crippen LogP contribution in [0.15, 0.2) is 36.7 Å². The lowest BCUT2D eigenvalue weighted by Gasteiger charge is -2.11. The summed E-state index contributed by atoms with van der Waals surface area (Å²) in [5.41, 5.74) is 7.99. The van der Waals surface area contributed by atoms with Crippen LogP contribution < -0.4 is 10.5 Å². The van der Waals surface area contributed by atoms with Crippen LogP contribution in [0.2, 0.25) is 0 Å². The van der Waals surface area contributed by atoms with Gasteiger partial charge in [-0.15, -0.1) is 0 Å². The minimum Gasteiger partial charge on any atom is -0.488 e. The molecule has 1 aromatic carbocycles. The summed E-state index contributed by atoms with van der Waals surface area (Å²) in [4.78, 5) is 3.76. The van der Waals surface area contributed by atoms with E-state index in [0.29, 0.717) is 12.1 Å². The molecule has 0 aliphatic carbocycles. The second kappa shape index (κ2) is 4.38. The first-order chi connectivity index (χ1) is 8.79. The summed E-state index contributed by atoms with van der Waals surface area (Å²) in [7, 11) is 0. The molecular formula is C14H13FN2O. The minimum atomic E-state index is -0.342. The number of aromatic nitrogens is 1. The van der Waals surface area contributed by atoms with Crippen LogP contribution in [0.1, 0.15) is 5.56 Å². The van der Waals surface area contributed by atoms with Gasteiger partial charge in [0.25, 0.3) is 0 Å². The summed E-state index contributed by atoms with van der Waals surface area (Å²) in [6.45, 7) is 0.465. The zero-order chi connectivity index (χ0) is 12.5. The molecule has 2 N–H and O–H groups in total. The fraction of sp³-hybridized carbons (Fsp3) is 0.214. The van der Waals surface area contributed by atoms with Crippen LogP contribution in [0.5, 0.6) is 5.75 Å². The van der Waals surface area contributed by atoms with Gasteiger partial charge in [0.15, 0.2) is 0 Å². The van der Waals surface area contributed by atoms with Gasteiger partial charge >= 0.3 is 0 Å². The zero-order valence-electron chi connectivity index (χ0n) is 9.77. The maximum Gasteiger partial charge on any atom is 0.149 e. The van der Waals surface area contributed by atoms with Crippen molar-refractivity contribution in [1.82, 2.24) is 4.98 Å². The van der Waals surface area contributed by atoms with Gasteiger partial charge in [-0.2, -0.15) is 0 Å². The van der Waals surface area contributed by atoms with Gasteiger partial charge in [0.2, 0.25) is 0 Å². The Labute approximate surface area is 104 Å². The average Bonchev–Trinajstić information content (AvgIpc) is 2.82. The van der Waals surface area contributed by atoms with Gasteiger partial charge in [-0.3, -0.25) is 4.98 Å². The molecule has 2 aromatic rings.